The van der Waals surface area contributed by atoms with E-state index in [2.05, 4.69) is 30.0 Å². The van der Waals surface area contributed by atoms with Gasteiger partial charge in [-0.15, -0.1) is 0 Å². The molecule has 5 rings (SSSR count). The van der Waals surface area contributed by atoms with Crippen molar-refractivity contribution in [3.05, 3.63) is 89.5 Å². The Morgan fingerprint density at radius 3 is 2.22 bits per heavy atom. The third kappa shape index (κ3) is 3.75. The number of anilines is 3. The molecule has 0 unspecified atom stereocenters. The first-order chi connectivity index (χ1) is 15.5. The summed E-state index contributed by atoms with van der Waals surface area (Å²) in [6, 6.07) is 23.5. The molecule has 0 N–H and O–H groups in total. The van der Waals surface area contributed by atoms with E-state index >= 15 is 0 Å². The number of carbonyl (C=O) groups is 2. The molecular weight excluding hydrogens is 398 g/mol. The van der Waals surface area contributed by atoms with Crippen molar-refractivity contribution < 1.29 is 9.59 Å². The second-order valence-corrected chi connectivity index (χ2v) is 8.65. The Bertz CT molecular complexity index is 1150. The second-order valence-electron chi connectivity index (χ2n) is 8.65. The van der Waals surface area contributed by atoms with Crippen LogP contribution in [0.4, 0.5) is 17.1 Å². The predicted octanol–water partition coefficient (Wildman–Crippen LogP) is 4.90. The summed E-state index contributed by atoms with van der Waals surface area (Å²) >= 11 is 0. The highest BCUT2D eigenvalue weighted by Gasteiger charge is 2.35. The van der Waals surface area contributed by atoms with E-state index in [1.165, 1.54) is 12.8 Å². The molecule has 0 bridgehead atoms. The fraction of sp³-hybridized carbons (Fsp3) is 0.259. The van der Waals surface area contributed by atoms with Gasteiger partial charge in [0.1, 0.15) is 0 Å². The van der Waals surface area contributed by atoms with Crippen LogP contribution in [0.3, 0.4) is 0 Å². The Morgan fingerprint density at radius 2 is 1.53 bits per heavy atom. The van der Waals surface area contributed by atoms with E-state index in [0.29, 0.717) is 23.7 Å². The molecule has 5 heteroatoms. The van der Waals surface area contributed by atoms with Gasteiger partial charge < -0.3 is 14.7 Å². The van der Waals surface area contributed by atoms with E-state index in [1.807, 2.05) is 35.2 Å². The van der Waals surface area contributed by atoms with E-state index < -0.39 is 0 Å². The van der Waals surface area contributed by atoms with Crippen LogP contribution in [-0.4, -0.2) is 38.0 Å². The smallest absolute Gasteiger partial charge is 0.258 e. The molecule has 162 valence electrons. The van der Waals surface area contributed by atoms with Crippen molar-refractivity contribution in [2.45, 2.75) is 25.8 Å². The molecule has 1 aliphatic carbocycles. The summed E-state index contributed by atoms with van der Waals surface area (Å²) in [5, 5.41) is 0. The highest BCUT2D eigenvalue weighted by atomic mass is 16.2. The Balaban J connectivity index is 1.38. The maximum atomic E-state index is 13.4. The van der Waals surface area contributed by atoms with Gasteiger partial charge in [-0.3, -0.25) is 9.59 Å². The van der Waals surface area contributed by atoms with Crippen LogP contribution in [0.15, 0.2) is 72.8 Å². The van der Waals surface area contributed by atoms with Crippen LogP contribution >= 0.6 is 0 Å². The largest absolute Gasteiger partial charge is 0.365 e. The predicted molar refractivity (Wildman–Crippen MR) is 129 cm³/mol. The highest BCUT2D eigenvalue weighted by molar-refractivity contribution is 6.10. The van der Waals surface area contributed by atoms with Crippen LogP contribution in [0.2, 0.25) is 0 Å². The normalized spacial score (nSPS) is 15.3. The summed E-state index contributed by atoms with van der Waals surface area (Å²) in [4.78, 5) is 32.2. The van der Waals surface area contributed by atoms with Crippen molar-refractivity contribution in [1.29, 1.82) is 0 Å². The third-order valence-corrected chi connectivity index (χ3v) is 6.36. The number of amides is 2. The summed E-state index contributed by atoms with van der Waals surface area (Å²) in [5.74, 6) is -0.128. The number of aryl methyl sites for hydroxylation is 1. The number of nitrogens with zero attached hydrogens (tertiary/aromatic N) is 3. The average Bonchev–Trinajstić information content (AvgIpc) is 3.68. The summed E-state index contributed by atoms with van der Waals surface area (Å²) in [5.41, 5.74) is 5.26. The number of hydrogen-bond donors (Lipinski definition) is 0. The molecule has 3 aromatic rings. The van der Waals surface area contributed by atoms with Crippen LogP contribution in [-0.2, 0) is 0 Å². The van der Waals surface area contributed by atoms with E-state index in [1.54, 1.807) is 36.2 Å². The van der Waals surface area contributed by atoms with Gasteiger partial charge in [-0.05, 0) is 73.9 Å². The minimum atomic E-state index is -0.103. The zero-order valence-corrected chi connectivity index (χ0v) is 18.5. The van der Waals surface area contributed by atoms with E-state index in [4.69, 9.17) is 0 Å². The Hall–Kier alpha value is -3.60. The maximum absolute atomic E-state index is 13.4. The Kier molecular flexibility index (Phi) is 5.17. The van der Waals surface area contributed by atoms with Crippen LogP contribution in [0.25, 0.3) is 0 Å². The summed E-state index contributed by atoms with van der Waals surface area (Å²) in [6.07, 6.45) is 2.46. The first-order valence-electron chi connectivity index (χ1n) is 11.2. The lowest BCUT2D eigenvalue weighted by Gasteiger charge is -2.38. The van der Waals surface area contributed by atoms with Crippen molar-refractivity contribution in [2.24, 2.45) is 0 Å². The number of rotatable bonds is 4. The average molecular weight is 426 g/mol. The van der Waals surface area contributed by atoms with Crippen molar-refractivity contribution in [3.8, 4) is 0 Å². The van der Waals surface area contributed by atoms with Gasteiger partial charge in [0.25, 0.3) is 11.8 Å². The Labute approximate surface area is 188 Å². The Morgan fingerprint density at radius 1 is 0.844 bits per heavy atom. The standard InChI is InChI=1S/C27H27N3O2/c1-19-8-15-24-25(18-19)30(17-16-29(24)23-13-14-23)27(32)21-11-9-20(10-12-21)26(31)28(2)22-6-4-3-5-7-22/h3-12,15,18,23H,13-14,16-17H2,1-2H3. The fourth-order valence-electron chi connectivity index (χ4n) is 4.39. The lowest BCUT2D eigenvalue weighted by molar-refractivity contribution is 0.0978. The van der Waals surface area contributed by atoms with E-state index in [9.17, 15) is 9.59 Å². The van der Waals surface area contributed by atoms with Gasteiger partial charge in [-0.1, -0.05) is 24.3 Å². The lowest BCUT2D eigenvalue weighted by atomic mass is 10.1. The van der Waals surface area contributed by atoms with Crippen LogP contribution in [0.1, 0.15) is 39.1 Å². The third-order valence-electron chi connectivity index (χ3n) is 6.36. The first-order valence-corrected chi connectivity index (χ1v) is 11.2. The second kappa shape index (κ2) is 8.15. The van der Waals surface area contributed by atoms with Gasteiger partial charge in [0, 0.05) is 43.0 Å². The molecule has 0 saturated heterocycles. The van der Waals surface area contributed by atoms with Gasteiger partial charge >= 0.3 is 0 Å². The summed E-state index contributed by atoms with van der Waals surface area (Å²) in [7, 11) is 1.76. The topological polar surface area (TPSA) is 43.9 Å². The fourth-order valence-corrected chi connectivity index (χ4v) is 4.39. The van der Waals surface area contributed by atoms with Crippen LogP contribution < -0.4 is 14.7 Å². The molecular formula is C27H27N3O2. The highest BCUT2D eigenvalue weighted by Crippen LogP contribution is 2.40. The molecule has 32 heavy (non-hydrogen) atoms. The van der Waals surface area contributed by atoms with Crippen molar-refractivity contribution in [1.82, 2.24) is 0 Å². The molecule has 0 aromatic heterocycles. The van der Waals surface area contributed by atoms with Crippen LogP contribution in [0.5, 0.6) is 0 Å². The molecule has 1 fully saturated rings. The first kappa shape index (κ1) is 20.3. The molecule has 2 amide bonds. The van der Waals surface area contributed by atoms with Crippen molar-refractivity contribution in [3.63, 3.8) is 0 Å². The molecule has 0 spiro atoms. The van der Waals surface area contributed by atoms with Gasteiger partial charge in [-0.25, -0.2) is 0 Å². The molecule has 1 saturated carbocycles. The summed E-state index contributed by atoms with van der Waals surface area (Å²) in [6.45, 7) is 3.58. The number of carbonyl (C=O) groups excluding carboxylic acids is 2. The monoisotopic (exact) mass is 425 g/mol. The van der Waals surface area contributed by atoms with Crippen molar-refractivity contribution >= 4 is 28.9 Å². The zero-order chi connectivity index (χ0) is 22.2. The van der Waals surface area contributed by atoms with Gasteiger partial charge in [0.05, 0.1) is 11.4 Å². The van der Waals surface area contributed by atoms with E-state index in [0.717, 1.165) is 29.2 Å². The minimum absolute atomic E-state index is 0.0253. The molecule has 0 radical (unpaired) electrons. The molecule has 1 aliphatic heterocycles. The number of para-hydroxylation sites is 1. The maximum Gasteiger partial charge on any atom is 0.258 e. The molecule has 2 aliphatic rings. The molecule has 5 nitrogen and oxygen atoms in total. The van der Waals surface area contributed by atoms with Crippen LogP contribution in [0, 0.1) is 6.92 Å². The van der Waals surface area contributed by atoms with Gasteiger partial charge in [0.15, 0.2) is 0 Å². The number of fused-ring (bicyclic) bond motifs is 1. The SMILES string of the molecule is Cc1ccc2c(c1)N(C(=O)c1ccc(C(=O)N(C)c3ccccc3)cc1)CCN2C1CC1. The minimum Gasteiger partial charge on any atom is -0.365 e. The number of benzene rings is 3. The van der Waals surface area contributed by atoms with Gasteiger partial charge in [0.2, 0.25) is 0 Å². The quantitative estimate of drug-likeness (QED) is 0.597. The van der Waals surface area contributed by atoms with Crippen molar-refractivity contribution in [2.75, 3.05) is 34.8 Å². The number of hydrogen-bond acceptors (Lipinski definition) is 3. The van der Waals surface area contributed by atoms with E-state index in [-0.39, 0.29) is 11.8 Å². The van der Waals surface area contributed by atoms with Gasteiger partial charge in [-0.2, -0.15) is 0 Å². The lowest BCUT2D eigenvalue weighted by Crippen LogP contribution is -2.45. The zero-order valence-electron chi connectivity index (χ0n) is 18.5. The molecule has 3 aromatic carbocycles. The molecule has 0 atom stereocenters. The molecule has 1 heterocycles. The summed E-state index contributed by atoms with van der Waals surface area (Å²) < 4.78 is 0.